The maximum absolute atomic E-state index is 14.8. The number of hydrogen-bond donors (Lipinski definition) is 28. The van der Waals surface area contributed by atoms with Crippen LogP contribution in [-0.4, -0.2) is 354 Å². The van der Waals surface area contributed by atoms with E-state index in [9.17, 15) is 151 Å². The number of phenols is 1. The first-order chi connectivity index (χ1) is 67.5. The summed E-state index contributed by atoms with van der Waals surface area (Å²) in [6.45, 7) is 17.5. The van der Waals surface area contributed by atoms with Gasteiger partial charge in [-0.1, -0.05) is 94.2 Å². The van der Waals surface area contributed by atoms with E-state index in [-0.39, 0.29) is 95.0 Å². The van der Waals surface area contributed by atoms with Crippen molar-refractivity contribution in [2.45, 2.75) is 321 Å². The van der Waals surface area contributed by atoms with Gasteiger partial charge in [0, 0.05) is 19.5 Å². The van der Waals surface area contributed by atoms with E-state index in [1.165, 1.54) is 36.1 Å². The molecule has 1 aromatic rings. The number of hydrogen-bond acceptors (Lipinski definition) is 30. The van der Waals surface area contributed by atoms with Crippen molar-refractivity contribution in [3.63, 3.8) is 0 Å². The zero-order valence-electron chi connectivity index (χ0n) is 83.6. The highest BCUT2D eigenvalue weighted by Crippen LogP contribution is 2.25. The molecule has 3 rings (SSSR count). The number of aliphatic hydroxyl groups is 4. The average molecular weight is 2050 g/mol. The molecule has 2 aliphatic rings. The number of phenolic OH excluding ortho intramolecular Hbond substituents is 1. The third kappa shape index (κ3) is 41.5. The molecule has 1 aromatic carbocycles. The van der Waals surface area contributed by atoms with Crippen molar-refractivity contribution in [1.82, 2.24) is 100 Å². The number of carboxylic acids is 3. The predicted molar refractivity (Wildman–Crippen MR) is 509 cm³/mol. The van der Waals surface area contributed by atoms with Gasteiger partial charge in [-0.05, 0) is 146 Å². The van der Waals surface area contributed by atoms with Crippen LogP contribution in [0.4, 0.5) is 0 Å². The minimum atomic E-state index is -2.14. The third-order valence-corrected chi connectivity index (χ3v) is 23.8. The number of aliphatic hydroxyl groups excluding tert-OH is 4. The summed E-state index contributed by atoms with van der Waals surface area (Å²) in [5.74, 6) is -28.3. The lowest BCUT2D eigenvalue weighted by atomic mass is 9.95. The van der Waals surface area contributed by atoms with E-state index in [1.807, 2.05) is 0 Å². The van der Waals surface area contributed by atoms with Crippen LogP contribution in [0.2, 0.25) is 0 Å². The van der Waals surface area contributed by atoms with E-state index in [0.29, 0.717) is 31.2 Å². The van der Waals surface area contributed by atoms with Crippen molar-refractivity contribution < 1.29 is 151 Å². The Morgan fingerprint density at radius 2 is 0.750 bits per heavy atom. The van der Waals surface area contributed by atoms with Gasteiger partial charge in [0.15, 0.2) is 0 Å². The Morgan fingerprint density at radius 3 is 1.20 bits per heavy atom. The lowest BCUT2D eigenvalue weighted by Gasteiger charge is -2.33. The molecule has 808 valence electrons. The number of nitrogens with zero attached hydrogens (tertiary/aromatic N) is 2. The largest absolute Gasteiger partial charge is 0.508 e. The highest BCUT2D eigenvalue weighted by molar-refractivity contribution is 6.03. The number of carbonyl (C=O) groups is 23. The second kappa shape index (κ2) is 61.5. The van der Waals surface area contributed by atoms with Gasteiger partial charge in [-0.15, -0.1) is 0 Å². The Balaban J connectivity index is 1.81. The summed E-state index contributed by atoms with van der Waals surface area (Å²) in [7, 11) is 0. The van der Waals surface area contributed by atoms with Gasteiger partial charge in [-0.25, -0.2) is 4.79 Å². The Bertz CT molecular complexity index is 4620. The molecule has 144 heavy (non-hydrogen) atoms. The molecular weight excluding hydrogens is 1900 g/mol. The Labute approximate surface area is 832 Å². The van der Waals surface area contributed by atoms with Crippen LogP contribution < -0.4 is 108 Å². The molecule has 22 atom stereocenters. The number of rotatable bonds is 63. The summed E-state index contributed by atoms with van der Waals surface area (Å²) >= 11 is 0. The fourth-order valence-corrected chi connectivity index (χ4v) is 15.4. The van der Waals surface area contributed by atoms with Crippen LogP contribution in [0.15, 0.2) is 24.3 Å². The van der Waals surface area contributed by atoms with Gasteiger partial charge in [0.05, 0.1) is 57.8 Å². The zero-order chi connectivity index (χ0) is 109. The molecule has 53 heteroatoms. The molecule has 20 amide bonds. The van der Waals surface area contributed by atoms with Crippen LogP contribution in [-0.2, 0) is 117 Å². The summed E-state index contributed by atoms with van der Waals surface area (Å²) in [4.78, 5) is 315. The molecule has 2 heterocycles. The van der Waals surface area contributed by atoms with Gasteiger partial charge in [0.1, 0.15) is 115 Å². The van der Waals surface area contributed by atoms with Gasteiger partial charge >= 0.3 is 17.9 Å². The summed E-state index contributed by atoms with van der Waals surface area (Å²) in [6, 6.07) is -23.7. The molecule has 2 aliphatic heterocycles. The summed E-state index contributed by atoms with van der Waals surface area (Å²) in [5, 5.41) is 121. The average Bonchev–Trinajstić information content (AvgIpc) is 1.65. The summed E-state index contributed by atoms with van der Waals surface area (Å²) in [5.41, 5.74) is 17.0. The van der Waals surface area contributed by atoms with Crippen LogP contribution in [0.5, 0.6) is 5.75 Å². The van der Waals surface area contributed by atoms with E-state index in [0.717, 1.165) is 25.7 Å². The number of benzene rings is 1. The standard InChI is InChI=1S/C91H148N22O31/c1-15-45(9)70(108-80(132)56(33-44(7)8)102-78(130)54(31-42(3)4)101-76(128)53(21-17-18-28-92)100-84(136)64-23-20-30-113(64)90(142)71(46(10)16-2)109-81(133)58(35-65(94)119)98-66(120)38-93)87(139)105-57(34-51-24-26-52(118)27-25-51)77(129)97-47(11)74(126)96-48(12)75(127)106-61(40-114)83(135)111-73(50(14)117)88(140)104-55(32-43(5)6)79(131)103-59(36-68(122)123)82(134)110-72(49(13)116)86(138)95-39-67(121)99-60(37-69(124)125)89(141)112-29-19-22-63(112)85(137)107-62(41-115)91(143)144/h24-27,42-50,53-64,70-73,114-118H,15-23,28-41,92-93H2,1-14H3,(H2,94,119)(H,95,138)(H,96,126)(H,97,129)(H,98,120)(H,99,121)(H,100,136)(H,101,128)(H,102,130)(H,103,131)(H,104,140)(H,105,139)(H,106,127)(H,107,137)(H,108,132)(H,109,133)(H,110,134)(H,111,135)(H,122,123)(H,124,125)(H,143,144)/t45-,46-,47-,48-,49+,50+,53-,54-,55-,56-,57-,58-,59-,60-,61-,62-,63-,64-,70-,71-,72-,73-/m0/s1. The topological polar surface area (TPSA) is 844 Å². The molecule has 31 N–H and O–H groups in total. The highest BCUT2D eigenvalue weighted by atomic mass is 16.4. The number of likely N-dealkylation sites (tertiary alicyclic amines) is 2. The molecule has 0 spiro atoms. The second-order valence-corrected chi connectivity index (χ2v) is 37.3. The monoisotopic (exact) mass is 2050 g/mol. The maximum Gasteiger partial charge on any atom is 0.328 e. The van der Waals surface area contributed by atoms with Gasteiger partial charge in [-0.3, -0.25) is 105 Å². The molecular formula is C91H148N22O31. The Morgan fingerprint density at radius 1 is 0.382 bits per heavy atom. The first kappa shape index (κ1) is 125. The summed E-state index contributed by atoms with van der Waals surface area (Å²) in [6.07, 6.45) is -5.38. The number of aromatic hydroxyl groups is 1. The van der Waals surface area contributed by atoms with Crippen molar-refractivity contribution in [2.75, 3.05) is 45.9 Å². The smallest absolute Gasteiger partial charge is 0.328 e. The molecule has 2 fully saturated rings. The molecule has 0 saturated carbocycles. The lowest BCUT2D eigenvalue weighted by molar-refractivity contribution is -0.147. The van der Waals surface area contributed by atoms with E-state index in [4.69, 9.17) is 17.2 Å². The number of primary amides is 1. The van der Waals surface area contributed by atoms with E-state index < -0.39 is 320 Å². The van der Waals surface area contributed by atoms with Crippen molar-refractivity contribution >= 4 is 136 Å². The van der Waals surface area contributed by atoms with Gasteiger partial charge < -0.3 is 158 Å². The first-order valence-electron chi connectivity index (χ1n) is 47.9. The van der Waals surface area contributed by atoms with E-state index in [1.54, 1.807) is 69.2 Å². The number of amides is 20. The van der Waals surface area contributed by atoms with Gasteiger partial charge in [-0.2, -0.15) is 0 Å². The Hall–Kier alpha value is -13.4. The van der Waals surface area contributed by atoms with Crippen molar-refractivity contribution in [3.8, 4) is 5.75 Å². The number of carbonyl (C=O) groups excluding carboxylic acids is 20. The van der Waals surface area contributed by atoms with Crippen molar-refractivity contribution in [1.29, 1.82) is 0 Å². The van der Waals surface area contributed by atoms with Crippen molar-refractivity contribution in [2.24, 2.45) is 46.8 Å². The number of unbranched alkanes of at least 4 members (excludes halogenated alkanes) is 1. The number of aliphatic carboxylic acids is 3. The minimum absolute atomic E-state index is 0.00639. The van der Waals surface area contributed by atoms with Crippen LogP contribution >= 0.6 is 0 Å². The first-order valence-corrected chi connectivity index (χ1v) is 47.9. The van der Waals surface area contributed by atoms with E-state index >= 15 is 0 Å². The molecule has 0 radical (unpaired) electrons. The Kier molecular flexibility index (Phi) is 53.3. The molecule has 53 nitrogen and oxygen atoms in total. The number of nitrogens with one attached hydrogen (secondary N) is 17. The molecule has 0 bridgehead atoms. The highest BCUT2D eigenvalue weighted by Gasteiger charge is 2.46. The molecule has 0 unspecified atom stereocenters. The number of nitrogens with two attached hydrogens (primary N) is 3. The normalized spacial score (nSPS) is 17.6. The second-order valence-electron chi connectivity index (χ2n) is 37.3. The van der Waals surface area contributed by atoms with Crippen LogP contribution in [0, 0.1) is 29.6 Å². The van der Waals surface area contributed by atoms with Crippen molar-refractivity contribution in [3.05, 3.63) is 29.8 Å². The summed E-state index contributed by atoms with van der Waals surface area (Å²) < 4.78 is 0. The number of carboxylic acid groups (broad SMARTS) is 3. The molecule has 0 aliphatic carbocycles. The molecule has 2 saturated heterocycles. The van der Waals surface area contributed by atoms with Crippen LogP contribution in [0.25, 0.3) is 0 Å². The quantitative estimate of drug-likeness (QED) is 0.0269. The van der Waals surface area contributed by atoms with Crippen LogP contribution in [0.1, 0.15) is 199 Å². The van der Waals surface area contributed by atoms with Gasteiger partial charge in [0.25, 0.3) is 0 Å². The molecule has 0 aromatic heterocycles. The maximum atomic E-state index is 14.8. The van der Waals surface area contributed by atoms with E-state index in [2.05, 4.69) is 90.4 Å². The SMILES string of the molecule is CC[C@H](C)[C@H](NC(=O)[C@H](CC(C)C)NC(=O)[C@H](CC(C)C)NC(=O)[C@H](CCCCN)NC(=O)[C@@H]1CCCN1C(=O)[C@@H](NC(=O)[C@H](CC(N)=O)NC(=O)CN)[C@@H](C)CC)C(=O)N[C@@H](Cc1ccc(O)cc1)C(=O)N[C@@H](C)C(=O)N[C@@H](C)C(=O)N[C@@H](CO)C(=O)N[C@H](C(=O)N[C@@H](CC(C)C)C(=O)N[C@@H](CC(=O)O)C(=O)N[C@H](C(=O)NCC(=O)N[C@@H](CC(=O)O)C(=O)N1CCC[C@H]1C(=O)N[C@@H](CO)C(=O)O)[C@@H](C)O)[C@@H](C)O. The fraction of sp³-hybridized carbons (Fsp3) is 0.681. The third-order valence-electron chi connectivity index (χ3n) is 23.8. The predicted octanol–water partition coefficient (Wildman–Crippen LogP) is -9.20. The lowest BCUT2D eigenvalue weighted by Crippen LogP contribution is -2.62. The fourth-order valence-electron chi connectivity index (χ4n) is 15.4. The van der Waals surface area contributed by atoms with Gasteiger partial charge in [0.2, 0.25) is 118 Å². The van der Waals surface area contributed by atoms with Crippen LogP contribution in [0.3, 0.4) is 0 Å². The zero-order valence-corrected chi connectivity index (χ0v) is 83.6. The minimum Gasteiger partial charge on any atom is -0.508 e.